The van der Waals surface area contributed by atoms with E-state index >= 15 is 0 Å². The molecule has 15 heavy (non-hydrogen) atoms. The van der Waals surface area contributed by atoms with Crippen molar-refractivity contribution in [2.75, 3.05) is 0 Å². The maximum atomic E-state index is 11.8. The zero-order valence-corrected chi connectivity index (χ0v) is 9.66. The number of carbonyl (C=O) groups is 1. The maximum absolute atomic E-state index is 11.8. The maximum Gasteiger partial charge on any atom is 0.161 e. The van der Waals surface area contributed by atoms with Crippen LogP contribution in [0.5, 0.6) is 0 Å². The predicted molar refractivity (Wildman–Crippen MR) is 64.6 cm³/mol. The van der Waals surface area contributed by atoms with Crippen LogP contribution in [0.15, 0.2) is 35.9 Å². The van der Waals surface area contributed by atoms with Gasteiger partial charge in [0.2, 0.25) is 0 Å². The van der Waals surface area contributed by atoms with Crippen LogP contribution in [-0.4, -0.2) is 5.78 Å². The fourth-order valence-electron chi connectivity index (χ4n) is 1.47. The Morgan fingerprint density at radius 1 is 1.27 bits per heavy atom. The lowest BCUT2D eigenvalue weighted by atomic mass is 9.97. The first-order chi connectivity index (χ1) is 7.15. The zero-order chi connectivity index (χ0) is 11.3. The number of Topliss-reactive ketones (excluding diaryl/α,β-unsaturated/α-hetero) is 1. The minimum absolute atomic E-state index is 0.0833. The third kappa shape index (κ3) is 3.35. The van der Waals surface area contributed by atoms with E-state index in [0.717, 1.165) is 17.6 Å². The van der Waals surface area contributed by atoms with Gasteiger partial charge in [-0.1, -0.05) is 51.1 Å². The Labute approximate surface area is 91.8 Å². The molecule has 1 aromatic rings. The smallest absolute Gasteiger partial charge is 0.161 e. The quantitative estimate of drug-likeness (QED) is 0.680. The van der Waals surface area contributed by atoms with Gasteiger partial charge in [-0.05, 0) is 23.6 Å². The van der Waals surface area contributed by atoms with E-state index in [0.29, 0.717) is 0 Å². The molecule has 0 spiro atoms. The highest BCUT2D eigenvalue weighted by atomic mass is 16.1. The summed E-state index contributed by atoms with van der Waals surface area (Å²) in [5.41, 5.74) is 2.01. The minimum Gasteiger partial charge on any atom is -0.294 e. The fourth-order valence-corrected chi connectivity index (χ4v) is 1.47. The van der Waals surface area contributed by atoms with Crippen LogP contribution in [0.25, 0.3) is 6.08 Å². The number of hydrogen-bond donors (Lipinski definition) is 0. The molecule has 0 aliphatic heterocycles. The van der Waals surface area contributed by atoms with Crippen LogP contribution in [0.1, 0.15) is 32.8 Å². The summed E-state index contributed by atoms with van der Waals surface area (Å²) >= 11 is 0. The molecule has 1 heteroatoms. The molecule has 1 aromatic carbocycles. The van der Waals surface area contributed by atoms with Gasteiger partial charge in [-0.2, -0.15) is 0 Å². The molecule has 1 rings (SSSR count). The minimum atomic E-state index is 0.0833. The number of hydrogen-bond acceptors (Lipinski definition) is 1. The number of allylic oxidation sites excluding steroid dienone is 1. The lowest BCUT2D eigenvalue weighted by Gasteiger charge is -2.06. The van der Waals surface area contributed by atoms with E-state index in [1.54, 1.807) is 0 Å². The lowest BCUT2D eigenvalue weighted by molar-refractivity contribution is -0.118. The summed E-state index contributed by atoms with van der Waals surface area (Å²) in [6, 6.07) is 9.98. The van der Waals surface area contributed by atoms with Gasteiger partial charge in [0.05, 0.1) is 0 Å². The van der Waals surface area contributed by atoms with E-state index in [2.05, 4.69) is 0 Å². The molecule has 0 heterocycles. The Hall–Kier alpha value is -1.37. The molecule has 0 bridgehead atoms. The highest BCUT2D eigenvalue weighted by Gasteiger charge is 2.11. The van der Waals surface area contributed by atoms with Gasteiger partial charge in [0.25, 0.3) is 0 Å². The van der Waals surface area contributed by atoms with Crippen molar-refractivity contribution < 1.29 is 4.79 Å². The number of benzene rings is 1. The van der Waals surface area contributed by atoms with Gasteiger partial charge in [-0.3, -0.25) is 4.79 Å². The molecular formula is C14H18O. The first-order valence-electron chi connectivity index (χ1n) is 5.45. The molecule has 0 aliphatic carbocycles. The molecule has 0 atom stereocenters. The first kappa shape index (κ1) is 11.7. The summed E-state index contributed by atoms with van der Waals surface area (Å²) in [5.74, 6) is 0.335. The molecule has 0 saturated heterocycles. The summed E-state index contributed by atoms with van der Waals surface area (Å²) in [5, 5.41) is 0. The molecular weight excluding hydrogens is 184 g/mol. The van der Waals surface area contributed by atoms with Crippen LogP contribution in [0, 0.1) is 5.92 Å². The summed E-state index contributed by atoms with van der Waals surface area (Å²) in [6.45, 7) is 5.91. The largest absolute Gasteiger partial charge is 0.294 e. The van der Waals surface area contributed by atoms with Gasteiger partial charge in [0, 0.05) is 5.92 Å². The number of carbonyl (C=O) groups excluding carboxylic acids is 1. The van der Waals surface area contributed by atoms with E-state index in [9.17, 15) is 4.79 Å². The van der Waals surface area contributed by atoms with Crippen molar-refractivity contribution >= 4 is 11.9 Å². The Balaban J connectivity index is 2.93. The second kappa shape index (κ2) is 5.50. The van der Waals surface area contributed by atoms with Crippen molar-refractivity contribution in [3.8, 4) is 0 Å². The van der Waals surface area contributed by atoms with Gasteiger partial charge in [-0.25, -0.2) is 0 Å². The van der Waals surface area contributed by atoms with Crippen molar-refractivity contribution in [2.24, 2.45) is 5.92 Å². The van der Waals surface area contributed by atoms with Gasteiger partial charge >= 0.3 is 0 Å². The normalized spacial score (nSPS) is 11.9. The number of ketones is 1. The highest BCUT2D eigenvalue weighted by Crippen LogP contribution is 2.14. The molecule has 0 radical (unpaired) electrons. The van der Waals surface area contributed by atoms with Gasteiger partial charge in [0.15, 0.2) is 5.78 Å². The van der Waals surface area contributed by atoms with E-state index < -0.39 is 0 Å². The van der Waals surface area contributed by atoms with Gasteiger partial charge in [-0.15, -0.1) is 0 Å². The standard InChI is InChI=1S/C14H18O/c1-4-13(14(15)11(2)3)10-12-8-6-5-7-9-12/h5-11H,4H2,1-3H3/b13-10+. The van der Waals surface area contributed by atoms with E-state index in [1.807, 2.05) is 57.2 Å². The van der Waals surface area contributed by atoms with Crippen molar-refractivity contribution in [3.63, 3.8) is 0 Å². The van der Waals surface area contributed by atoms with Crippen LogP contribution >= 0.6 is 0 Å². The second-order valence-corrected chi connectivity index (χ2v) is 3.95. The molecule has 1 nitrogen and oxygen atoms in total. The molecule has 0 amide bonds. The van der Waals surface area contributed by atoms with E-state index in [1.165, 1.54) is 0 Å². The Bertz CT molecular complexity index is 347. The zero-order valence-electron chi connectivity index (χ0n) is 9.66. The summed E-state index contributed by atoms with van der Waals surface area (Å²) < 4.78 is 0. The molecule has 0 aliphatic rings. The predicted octanol–water partition coefficient (Wildman–Crippen LogP) is 3.71. The first-order valence-corrected chi connectivity index (χ1v) is 5.45. The SMILES string of the molecule is CC/C(=C\c1ccccc1)C(=O)C(C)C. The molecule has 0 fully saturated rings. The van der Waals surface area contributed by atoms with Crippen LogP contribution < -0.4 is 0 Å². The van der Waals surface area contributed by atoms with Crippen LogP contribution in [0.4, 0.5) is 0 Å². The second-order valence-electron chi connectivity index (χ2n) is 3.95. The average molecular weight is 202 g/mol. The molecule has 0 saturated carbocycles. The van der Waals surface area contributed by atoms with Crippen LogP contribution in [-0.2, 0) is 4.79 Å². The van der Waals surface area contributed by atoms with Gasteiger partial charge < -0.3 is 0 Å². The monoisotopic (exact) mass is 202 g/mol. The van der Waals surface area contributed by atoms with Crippen molar-refractivity contribution in [1.29, 1.82) is 0 Å². The third-order valence-electron chi connectivity index (χ3n) is 2.36. The molecule has 0 N–H and O–H groups in total. The van der Waals surface area contributed by atoms with E-state index in [-0.39, 0.29) is 11.7 Å². The van der Waals surface area contributed by atoms with Crippen molar-refractivity contribution in [1.82, 2.24) is 0 Å². The van der Waals surface area contributed by atoms with Crippen LogP contribution in [0.2, 0.25) is 0 Å². The lowest BCUT2D eigenvalue weighted by Crippen LogP contribution is -2.09. The molecule has 80 valence electrons. The average Bonchev–Trinajstić information content (AvgIpc) is 2.26. The van der Waals surface area contributed by atoms with Crippen molar-refractivity contribution in [2.45, 2.75) is 27.2 Å². The molecule has 0 unspecified atom stereocenters. The van der Waals surface area contributed by atoms with Crippen LogP contribution in [0.3, 0.4) is 0 Å². The van der Waals surface area contributed by atoms with Crippen molar-refractivity contribution in [3.05, 3.63) is 41.5 Å². The van der Waals surface area contributed by atoms with E-state index in [4.69, 9.17) is 0 Å². The van der Waals surface area contributed by atoms with Gasteiger partial charge in [0.1, 0.15) is 0 Å². The summed E-state index contributed by atoms with van der Waals surface area (Å²) in [6.07, 6.45) is 2.79. The Morgan fingerprint density at radius 3 is 2.33 bits per heavy atom. The summed E-state index contributed by atoms with van der Waals surface area (Å²) in [7, 11) is 0. The Kier molecular flexibility index (Phi) is 4.29. The third-order valence-corrected chi connectivity index (χ3v) is 2.36. The number of rotatable bonds is 4. The summed E-state index contributed by atoms with van der Waals surface area (Å²) in [4.78, 5) is 11.8. The fraction of sp³-hybridized carbons (Fsp3) is 0.357. The topological polar surface area (TPSA) is 17.1 Å². The molecule has 0 aromatic heterocycles. The Morgan fingerprint density at radius 2 is 1.87 bits per heavy atom. The highest BCUT2D eigenvalue weighted by molar-refractivity contribution is 6.00.